The van der Waals surface area contributed by atoms with Crippen LogP contribution in [0.5, 0.6) is 11.5 Å². The molecular weight excluding hydrogens is 308 g/mol. The van der Waals surface area contributed by atoms with Gasteiger partial charge >= 0.3 is 11.8 Å². The molecule has 0 radical (unpaired) electrons. The first-order valence-electron chi connectivity index (χ1n) is 7.51. The van der Waals surface area contributed by atoms with E-state index in [2.05, 4.69) is 10.6 Å². The summed E-state index contributed by atoms with van der Waals surface area (Å²) >= 11 is 0. The predicted molar refractivity (Wildman–Crippen MR) is 92.5 cm³/mol. The number of carbonyl (C=O) groups is 2. The van der Waals surface area contributed by atoms with Gasteiger partial charge in [0.1, 0.15) is 11.5 Å². The van der Waals surface area contributed by atoms with E-state index in [1.807, 2.05) is 13.8 Å². The highest BCUT2D eigenvalue weighted by atomic mass is 16.5. The number of hydrogen-bond donors (Lipinski definition) is 2. The highest BCUT2D eigenvalue weighted by Gasteiger charge is 2.14. The summed E-state index contributed by atoms with van der Waals surface area (Å²) in [4.78, 5) is 23.9. The van der Waals surface area contributed by atoms with Crippen LogP contribution in [0.2, 0.25) is 0 Å². The molecule has 0 atom stereocenters. The smallest absolute Gasteiger partial charge is 0.314 e. The maximum atomic E-state index is 11.9. The highest BCUT2D eigenvalue weighted by Crippen LogP contribution is 2.18. The minimum Gasteiger partial charge on any atom is -0.497 e. The second kappa shape index (κ2) is 8.01. The Morgan fingerprint density at radius 1 is 0.875 bits per heavy atom. The van der Waals surface area contributed by atoms with E-state index in [1.165, 1.54) is 7.11 Å². The Morgan fingerprint density at radius 3 is 2.08 bits per heavy atom. The van der Waals surface area contributed by atoms with Crippen LogP contribution in [0.15, 0.2) is 48.5 Å². The molecule has 0 aliphatic heterocycles. The van der Waals surface area contributed by atoms with E-state index in [0.717, 1.165) is 0 Å². The molecule has 0 fully saturated rings. The fourth-order valence-electron chi connectivity index (χ4n) is 1.97. The van der Waals surface area contributed by atoms with Crippen LogP contribution < -0.4 is 20.1 Å². The van der Waals surface area contributed by atoms with Gasteiger partial charge in [-0.25, -0.2) is 0 Å². The topological polar surface area (TPSA) is 76.7 Å². The Hall–Kier alpha value is -3.02. The van der Waals surface area contributed by atoms with Gasteiger partial charge in [0.2, 0.25) is 0 Å². The summed E-state index contributed by atoms with van der Waals surface area (Å²) in [5.74, 6) is -0.223. The number of amides is 2. The van der Waals surface area contributed by atoms with E-state index in [9.17, 15) is 9.59 Å². The SMILES string of the molecule is COc1cccc(NC(=O)C(=O)Nc2ccc(OC(C)C)cc2)c1. The van der Waals surface area contributed by atoms with Gasteiger partial charge in [-0.1, -0.05) is 6.07 Å². The summed E-state index contributed by atoms with van der Waals surface area (Å²) in [6.07, 6.45) is 0.0686. The maximum Gasteiger partial charge on any atom is 0.314 e. The maximum absolute atomic E-state index is 11.9. The molecule has 6 heteroatoms. The number of methoxy groups -OCH3 is 1. The van der Waals surface area contributed by atoms with Crippen molar-refractivity contribution >= 4 is 23.2 Å². The fourth-order valence-corrected chi connectivity index (χ4v) is 1.97. The van der Waals surface area contributed by atoms with Gasteiger partial charge in [-0.05, 0) is 50.2 Å². The van der Waals surface area contributed by atoms with Crippen LogP contribution >= 0.6 is 0 Å². The zero-order chi connectivity index (χ0) is 17.5. The van der Waals surface area contributed by atoms with Crippen LogP contribution in [-0.4, -0.2) is 25.0 Å². The van der Waals surface area contributed by atoms with Crippen LogP contribution in [0.1, 0.15) is 13.8 Å². The quantitative estimate of drug-likeness (QED) is 0.827. The van der Waals surface area contributed by atoms with Crippen molar-refractivity contribution in [3.63, 3.8) is 0 Å². The summed E-state index contributed by atoms with van der Waals surface area (Å²) in [6, 6.07) is 13.6. The zero-order valence-electron chi connectivity index (χ0n) is 13.8. The molecule has 0 spiro atoms. The van der Waals surface area contributed by atoms with Gasteiger partial charge in [-0.3, -0.25) is 9.59 Å². The summed E-state index contributed by atoms with van der Waals surface area (Å²) in [7, 11) is 1.53. The Bertz CT molecular complexity index is 711. The molecule has 2 aromatic carbocycles. The van der Waals surface area contributed by atoms with E-state index >= 15 is 0 Å². The Kier molecular flexibility index (Phi) is 5.78. The van der Waals surface area contributed by atoms with Crippen LogP contribution in [0.3, 0.4) is 0 Å². The Labute approximate surface area is 140 Å². The molecule has 2 aromatic rings. The number of anilines is 2. The molecule has 2 rings (SSSR count). The number of benzene rings is 2. The lowest BCUT2D eigenvalue weighted by molar-refractivity contribution is -0.132. The number of hydrogen-bond acceptors (Lipinski definition) is 4. The van der Waals surface area contributed by atoms with E-state index < -0.39 is 11.8 Å². The van der Waals surface area contributed by atoms with Crippen LogP contribution in [0.4, 0.5) is 11.4 Å². The molecule has 24 heavy (non-hydrogen) atoms. The molecule has 0 aliphatic carbocycles. The van der Waals surface area contributed by atoms with Crippen molar-refractivity contribution in [2.45, 2.75) is 20.0 Å². The largest absolute Gasteiger partial charge is 0.497 e. The van der Waals surface area contributed by atoms with Crippen molar-refractivity contribution in [2.75, 3.05) is 17.7 Å². The Balaban J connectivity index is 1.94. The van der Waals surface area contributed by atoms with Crippen LogP contribution in [0.25, 0.3) is 0 Å². The first-order chi connectivity index (χ1) is 11.5. The predicted octanol–water partition coefficient (Wildman–Crippen LogP) is 3.06. The Morgan fingerprint density at radius 2 is 1.50 bits per heavy atom. The molecule has 2 N–H and O–H groups in total. The number of ether oxygens (including phenoxy) is 2. The van der Waals surface area contributed by atoms with Gasteiger partial charge in [0, 0.05) is 17.4 Å². The molecular formula is C18H20N2O4. The van der Waals surface area contributed by atoms with Crippen molar-refractivity contribution in [2.24, 2.45) is 0 Å². The lowest BCUT2D eigenvalue weighted by Gasteiger charge is -2.11. The lowest BCUT2D eigenvalue weighted by atomic mass is 10.3. The third kappa shape index (κ3) is 5.01. The van der Waals surface area contributed by atoms with Gasteiger partial charge in [-0.15, -0.1) is 0 Å². The van der Waals surface area contributed by atoms with Gasteiger partial charge in [0.25, 0.3) is 0 Å². The molecule has 0 saturated carbocycles. The molecule has 0 aromatic heterocycles. The second-order valence-electron chi connectivity index (χ2n) is 5.33. The highest BCUT2D eigenvalue weighted by molar-refractivity contribution is 6.43. The zero-order valence-corrected chi connectivity index (χ0v) is 13.8. The molecule has 126 valence electrons. The monoisotopic (exact) mass is 328 g/mol. The minimum atomic E-state index is -0.759. The van der Waals surface area contributed by atoms with Crippen molar-refractivity contribution in [3.8, 4) is 11.5 Å². The first-order valence-corrected chi connectivity index (χ1v) is 7.51. The normalized spacial score (nSPS) is 10.2. The average molecular weight is 328 g/mol. The molecule has 0 saturated heterocycles. The average Bonchev–Trinajstić information content (AvgIpc) is 2.56. The van der Waals surface area contributed by atoms with E-state index in [4.69, 9.17) is 9.47 Å². The molecule has 2 amide bonds. The molecule has 0 heterocycles. The third-order valence-electron chi connectivity index (χ3n) is 3.02. The number of nitrogens with one attached hydrogen (secondary N) is 2. The van der Waals surface area contributed by atoms with E-state index in [1.54, 1.807) is 48.5 Å². The van der Waals surface area contributed by atoms with Gasteiger partial charge in [-0.2, -0.15) is 0 Å². The summed E-state index contributed by atoms with van der Waals surface area (Å²) in [5.41, 5.74) is 0.993. The second-order valence-corrected chi connectivity index (χ2v) is 5.33. The lowest BCUT2D eigenvalue weighted by Crippen LogP contribution is -2.29. The number of rotatable bonds is 5. The standard InChI is InChI=1S/C18H20N2O4/c1-12(2)24-15-9-7-13(8-10-15)19-17(21)18(22)20-14-5-4-6-16(11-14)23-3/h4-12H,1-3H3,(H,19,21)(H,20,22). The number of carbonyl (C=O) groups excluding carboxylic acids is 2. The summed E-state index contributed by atoms with van der Waals surface area (Å²) in [5, 5.41) is 5.05. The van der Waals surface area contributed by atoms with Crippen LogP contribution in [0, 0.1) is 0 Å². The third-order valence-corrected chi connectivity index (χ3v) is 3.02. The van der Waals surface area contributed by atoms with Crippen molar-refractivity contribution < 1.29 is 19.1 Å². The summed E-state index contributed by atoms with van der Waals surface area (Å²) < 4.78 is 10.6. The first kappa shape index (κ1) is 17.3. The van der Waals surface area contributed by atoms with Crippen LogP contribution in [-0.2, 0) is 9.59 Å². The molecule has 6 nitrogen and oxygen atoms in total. The molecule has 0 aliphatic rings. The molecule has 0 unspecified atom stereocenters. The molecule has 0 bridgehead atoms. The van der Waals surface area contributed by atoms with Crippen molar-refractivity contribution in [3.05, 3.63) is 48.5 Å². The minimum absolute atomic E-state index is 0.0686. The van der Waals surface area contributed by atoms with E-state index in [0.29, 0.717) is 22.9 Å². The van der Waals surface area contributed by atoms with Gasteiger partial charge in [0.15, 0.2) is 0 Å². The van der Waals surface area contributed by atoms with E-state index in [-0.39, 0.29) is 6.10 Å². The van der Waals surface area contributed by atoms with Crippen molar-refractivity contribution in [1.82, 2.24) is 0 Å². The fraction of sp³-hybridized carbons (Fsp3) is 0.222. The van der Waals surface area contributed by atoms with Gasteiger partial charge in [0.05, 0.1) is 13.2 Å². The van der Waals surface area contributed by atoms with Gasteiger partial charge < -0.3 is 20.1 Å². The van der Waals surface area contributed by atoms with Crippen molar-refractivity contribution in [1.29, 1.82) is 0 Å². The summed E-state index contributed by atoms with van der Waals surface area (Å²) in [6.45, 7) is 3.86.